The third-order valence-corrected chi connectivity index (χ3v) is 4.70. The molecule has 1 rings (SSSR count). The number of hydrogen-bond donors (Lipinski definition) is 0. The summed E-state index contributed by atoms with van der Waals surface area (Å²) in [7, 11) is 0. The van der Waals surface area contributed by atoms with Gasteiger partial charge in [0.2, 0.25) is 0 Å². The summed E-state index contributed by atoms with van der Waals surface area (Å²) >= 11 is 1.86. The average molecular weight is 284 g/mol. The van der Waals surface area contributed by atoms with Gasteiger partial charge in [0.15, 0.2) is 0 Å². The molecule has 0 bridgehead atoms. The average Bonchev–Trinajstić information content (AvgIpc) is 2.43. The fourth-order valence-electron chi connectivity index (χ4n) is 1.96. The lowest BCUT2D eigenvalue weighted by Gasteiger charge is -2.21. The minimum absolute atomic E-state index is 0.466. The third-order valence-electron chi connectivity index (χ3n) is 3.36. The van der Waals surface area contributed by atoms with Gasteiger partial charge >= 0.3 is 0 Å². The van der Waals surface area contributed by atoms with E-state index in [-0.39, 0.29) is 0 Å². The summed E-state index contributed by atoms with van der Waals surface area (Å²) in [4.78, 5) is 0. The third kappa shape index (κ3) is 6.57. The normalized spacial score (nSPS) is 19.2. The lowest BCUT2D eigenvalue weighted by atomic mass is 9.96. The first-order valence-electron chi connectivity index (χ1n) is 7.47. The van der Waals surface area contributed by atoms with Crippen LogP contribution in [-0.2, 0) is 4.74 Å². The van der Waals surface area contributed by atoms with Crippen molar-refractivity contribution in [3.63, 3.8) is 0 Å². The Morgan fingerprint density at radius 1 is 1.26 bits per heavy atom. The molecule has 1 aliphatic heterocycles. The lowest BCUT2D eigenvalue weighted by Crippen LogP contribution is -2.21. The van der Waals surface area contributed by atoms with Crippen LogP contribution >= 0.6 is 11.8 Å². The predicted octanol–water partition coefficient (Wildman–Crippen LogP) is 4.38. The van der Waals surface area contributed by atoms with Crippen molar-refractivity contribution in [1.82, 2.24) is 0 Å². The molecule has 0 N–H and O–H groups in total. The van der Waals surface area contributed by atoms with Crippen molar-refractivity contribution in [3.05, 3.63) is 0 Å². The highest BCUT2D eigenvalue weighted by atomic mass is 32.2. The van der Waals surface area contributed by atoms with Crippen LogP contribution in [0.25, 0.3) is 0 Å². The van der Waals surface area contributed by atoms with Gasteiger partial charge < -0.3 is 4.74 Å². The van der Waals surface area contributed by atoms with E-state index in [1.807, 2.05) is 11.8 Å². The van der Waals surface area contributed by atoms with Crippen molar-refractivity contribution in [2.45, 2.75) is 53.4 Å². The number of nitrogens with zero attached hydrogens (tertiary/aromatic N) is 2. The van der Waals surface area contributed by atoms with Gasteiger partial charge in [0.05, 0.1) is 5.04 Å². The van der Waals surface area contributed by atoms with E-state index in [0.717, 1.165) is 37.5 Å². The molecule has 3 nitrogen and oxygen atoms in total. The Hall–Kier alpha value is -0.350. The fourth-order valence-corrected chi connectivity index (χ4v) is 3.03. The zero-order valence-electron chi connectivity index (χ0n) is 12.8. The fraction of sp³-hybridized carbons (Fsp3) is 0.867. The van der Waals surface area contributed by atoms with Crippen LogP contribution in [0.4, 0.5) is 0 Å². The van der Waals surface area contributed by atoms with Gasteiger partial charge in [-0.25, -0.2) is 0 Å². The molecule has 1 fully saturated rings. The van der Waals surface area contributed by atoms with Gasteiger partial charge in [0, 0.05) is 30.8 Å². The van der Waals surface area contributed by atoms with E-state index < -0.39 is 0 Å². The zero-order valence-corrected chi connectivity index (χ0v) is 13.6. The highest BCUT2D eigenvalue weighted by molar-refractivity contribution is 8.13. The molecule has 0 aromatic carbocycles. The Balaban J connectivity index is 2.56. The number of ether oxygens (including phenoxy) is 1. The van der Waals surface area contributed by atoms with Crippen molar-refractivity contribution < 1.29 is 4.74 Å². The van der Waals surface area contributed by atoms with Crippen LogP contribution < -0.4 is 0 Å². The van der Waals surface area contributed by atoms with Crippen molar-refractivity contribution in [2.24, 2.45) is 22.0 Å². The highest BCUT2D eigenvalue weighted by Gasteiger charge is 2.16. The maximum absolute atomic E-state index is 5.38. The van der Waals surface area contributed by atoms with Gasteiger partial charge in [-0.05, 0) is 31.9 Å². The zero-order chi connectivity index (χ0) is 14.1. The molecule has 19 heavy (non-hydrogen) atoms. The lowest BCUT2D eigenvalue weighted by molar-refractivity contribution is 0.0826. The molecule has 0 aromatic heterocycles. The van der Waals surface area contributed by atoms with Gasteiger partial charge in [-0.1, -0.05) is 27.2 Å². The van der Waals surface area contributed by atoms with E-state index in [1.54, 1.807) is 0 Å². The van der Waals surface area contributed by atoms with Gasteiger partial charge in [-0.3, -0.25) is 0 Å². The molecule has 0 saturated carbocycles. The summed E-state index contributed by atoms with van der Waals surface area (Å²) in [5, 5.41) is 10.1. The largest absolute Gasteiger partial charge is 0.381 e. The van der Waals surface area contributed by atoms with Gasteiger partial charge in [0.25, 0.3) is 0 Å². The van der Waals surface area contributed by atoms with E-state index in [4.69, 9.17) is 4.74 Å². The van der Waals surface area contributed by atoms with Crippen LogP contribution in [0.3, 0.4) is 0 Å². The molecule has 1 aliphatic rings. The van der Waals surface area contributed by atoms with Crippen molar-refractivity contribution in [2.75, 3.05) is 19.0 Å². The molecule has 0 radical (unpaired) electrons. The topological polar surface area (TPSA) is 34.0 Å². The first-order valence-corrected chi connectivity index (χ1v) is 8.46. The van der Waals surface area contributed by atoms with Crippen LogP contribution in [0.5, 0.6) is 0 Å². The Labute approximate surface area is 122 Å². The van der Waals surface area contributed by atoms with Gasteiger partial charge in [-0.15, -0.1) is 16.9 Å². The second kappa shape index (κ2) is 9.54. The maximum atomic E-state index is 5.38. The molecule has 1 heterocycles. The van der Waals surface area contributed by atoms with E-state index in [1.165, 1.54) is 17.9 Å². The molecule has 4 heteroatoms. The van der Waals surface area contributed by atoms with Crippen LogP contribution in [0.2, 0.25) is 0 Å². The SMILES string of the molecule is CCCCS/C(=N/N=C(\C)C1CCOCC1)C(C)C. The molecule has 0 aromatic rings. The van der Waals surface area contributed by atoms with Crippen molar-refractivity contribution in [3.8, 4) is 0 Å². The summed E-state index contributed by atoms with van der Waals surface area (Å²) in [6, 6.07) is 0. The monoisotopic (exact) mass is 284 g/mol. The van der Waals surface area contributed by atoms with Crippen LogP contribution in [0.15, 0.2) is 10.2 Å². The van der Waals surface area contributed by atoms with Gasteiger partial charge in [0.1, 0.15) is 0 Å². The van der Waals surface area contributed by atoms with Crippen molar-refractivity contribution in [1.29, 1.82) is 0 Å². The number of thioether (sulfide) groups is 1. The van der Waals surface area contributed by atoms with Crippen LogP contribution in [0.1, 0.15) is 53.4 Å². The Bertz CT molecular complexity index is 307. The molecule has 0 aliphatic carbocycles. The molecule has 110 valence electrons. The first kappa shape index (κ1) is 16.7. The van der Waals surface area contributed by atoms with Crippen LogP contribution in [-0.4, -0.2) is 29.7 Å². The van der Waals surface area contributed by atoms with E-state index >= 15 is 0 Å². The molecular weight excluding hydrogens is 256 g/mol. The highest BCUT2D eigenvalue weighted by Crippen LogP contribution is 2.18. The second-order valence-corrected chi connectivity index (χ2v) is 6.54. The number of rotatable bonds is 6. The van der Waals surface area contributed by atoms with Crippen molar-refractivity contribution >= 4 is 22.5 Å². The smallest absolute Gasteiger partial charge is 0.0984 e. The Morgan fingerprint density at radius 2 is 1.95 bits per heavy atom. The minimum Gasteiger partial charge on any atom is -0.381 e. The molecule has 0 unspecified atom stereocenters. The number of hydrogen-bond acceptors (Lipinski definition) is 4. The van der Waals surface area contributed by atoms with Gasteiger partial charge in [-0.2, -0.15) is 5.10 Å². The first-order chi connectivity index (χ1) is 9.15. The maximum Gasteiger partial charge on any atom is 0.0984 e. The summed E-state index contributed by atoms with van der Waals surface area (Å²) in [6.07, 6.45) is 4.66. The van der Waals surface area contributed by atoms with E-state index in [9.17, 15) is 0 Å². The van der Waals surface area contributed by atoms with E-state index in [0.29, 0.717) is 11.8 Å². The molecule has 0 amide bonds. The quantitative estimate of drug-likeness (QED) is 0.314. The molecule has 1 saturated heterocycles. The minimum atomic E-state index is 0.466. The Morgan fingerprint density at radius 3 is 2.53 bits per heavy atom. The summed E-state index contributed by atoms with van der Waals surface area (Å²) < 4.78 is 5.38. The summed E-state index contributed by atoms with van der Waals surface area (Å²) in [5.74, 6) is 2.18. The van der Waals surface area contributed by atoms with E-state index in [2.05, 4.69) is 37.9 Å². The Kier molecular flexibility index (Phi) is 8.38. The second-order valence-electron chi connectivity index (χ2n) is 5.42. The summed E-state index contributed by atoms with van der Waals surface area (Å²) in [5.41, 5.74) is 1.16. The molecular formula is C15H28N2OS. The van der Waals surface area contributed by atoms with Crippen LogP contribution in [0, 0.1) is 11.8 Å². The standard InChI is InChI=1S/C15H28N2OS/c1-5-6-11-19-15(12(2)3)17-16-13(4)14-7-9-18-10-8-14/h12,14H,5-11H2,1-4H3/b16-13+,17-15+. The number of unbranched alkanes of at least 4 members (excludes halogenated alkanes) is 1. The molecule has 0 atom stereocenters. The predicted molar refractivity (Wildman–Crippen MR) is 86.3 cm³/mol. The molecule has 0 spiro atoms. The summed E-state index contributed by atoms with van der Waals surface area (Å²) in [6.45, 7) is 10.4.